The molecule has 0 aliphatic heterocycles. The van der Waals surface area contributed by atoms with Gasteiger partial charge < -0.3 is 20.1 Å². The zero-order valence-electron chi connectivity index (χ0n) is 14.7. The number of carbonyl (C=O) groups is 2. The summed E-state index contributed by atoms with van der Waals surface area (Å²) in [5, 5.41) is 5.63. The third-order valence-electron chi connectivity index (χ3n) is 3.61. The van der Waals surface area contributed by atoms with E-state index in [0.29, 0.717) is 35.7 Å². The van der Waals surface area contributed by atoms with Crippen LogP contribution in [0.3, 0.4) is 0 Å². The fourth-order valence-electron chi connectivity index (χ4n) is 2.27. The van der Waals surface area contributed by atoms with Gasteiger partial charge in [0.2, 0.25) is 0 Å². The lowest BCUT2D eigenvalue weighted by atomic mass is 10.1. The molecule has 0 bridgehead atoms. The molecular formula is C19H21IN2O4. The maximum absolute atomic E-state index is 12.4. The van der Waals surface area contributed by atoms with Crippen LogP contribution < -0.4 is 15.4 Å². The number of amides is 2. The summed E-state index contributed by atoms with van der Waals surface area (Å²) in [6.45, 7) is 1.13. The zero-order chi connectivity index (χ0) is 18.9. The number of halogens is 1. The van der Waals surface area contributed by atoms with Gasteiger partial charge in [0.1, 0.15) is 5.75 Å². The van der Waals surface area contributed by atoms with Crippen LogP contribution in [-0.4, -0.2) is 39.2 Å². The van der Waals surface area contributed by atoms with Crippen molar-refractivity contribution in [3.8, 4) is 5.75 Å². The van der Waals surface area contributed by atoms with E-state index in [4.69, 9.17) is 9.47 Å². The number of nitrogens with one attached hydrogen (secondary N) is 2. The number of hydrogen-bond acceptors (Lipinski definition) is 4. The molecule has 0 atom stereocenters. The van der Waals surface area contributed by atoms with Crippen molar-refractivity contribution >= 4 is 40.1 Å². The molecule has 2 rings (SSSR count). The molecule has 6 nitrogen and oxygen atoms in total. The molecule has 0 aliphatic carbocycles. The van der Waals surface area contributed by atoms with E-state index < -0.39 is 0 Å². The Morgan fingerprint density at radius 2 is 1.81 bits per heavy atom. The Kier molecular flexibility index (Phi) is 7.86. The molecule has 0 spiro atoms. The van der Waals surface area contributed by atoms with Gasteiger partial charge in [0.05, 0.1) is 10.7 Å². The zero-order valence-corrected chi connectivity index (χ0v) is 16.8. The molecule has 0 aromatic heterocycles. The highest BCUT2D eigenvalue weighted by Crippen LogP contribution is 2.22. The Hall–Kier alpha value is -2.13. The maximum atomic E-state index is 12.4. The Balaban J connectivity index is 2.02. The van der Waals surface area contributed by atoms with E-state index in [1.807, 2.05) is 0 Å². The first-order chi connectivity index (χ1) is 12.5. The van der Waals surface area contributed by atoms with Crippen LogP contribution in [-0.2, 0) is 4.74 Å². The van der Waals surface area contributed by atoms with Gasteiger partial charge in [-0.2, -0.15) is 0 Å². The van der Waals surface area contributed by atoms with Gasteiger partial charge in [-0.25, -0.2) is 0 Å². The van der Waals surface area contributed by atoms with E-state index in [2.05, 4.69) is 33.2 Å². The molecular weight excluding hydrogens is 447 g/mol. The van der Waals surface area contributed by atoms with Crippen LogP contribution in [0.25, 0.3) is 0 Å². The number of rotatable bonds is 8. The third-order valence-corrected chi connectivity index (χ3v) is 4.45. The summed E-state index contributed by atoms with van der Waals surface area (Å²) >= 11 is 2.12. The van der Waals surface area contributed by atoms with Gasteiger partial charge in [-0.3, -0.25) is 9.59 Å². The lowest BCUT2D eigenvalue weighted by Gasteiger charge is -2.09. The van der Waals surface area contributed by atoms with E-state index in [-0.39, 0.29) is 11.8 Å². The first-order valence-electron chi connectivity index (χ1n) is 8.07. The number of methoxy groups -OCH3 is 2. The van der Waals surface area contributed by atoms with E-state index in [1.165, 1.54) is 0 Å². The summed E-state index contributed by atoms with van der Waals surface area (Å²) in [4.78, 5) is 24.6. The predicted molar refractivity (Wildman–Crippen MR) is 109 cm³/mol. The first kappa shape index (κ1) is 20.2. The van der Waals surface area contributed by atoms with Crippen molar-refractivity contribution in [3.63, 3.8) is 0 Å². The smallest absolute Gasteiger partial charge is 0.255 e. The monoisotopic (exact) mass is 468 g/mol. The minimum atomic E-state index is -0.247. The van der Waals surface area contributed by atoms with E-state index >= 15 is 0 Å². The maximum Gasteiger partial charge on any atom is 0.255 e. The van der Waals surface area contributed by atoms with Crippen molar-refractivity contribution in [2.75, 3.05) is 32.7 Å². The van der Waals surface area contributed by atoms with Crippen LogP contribution in [0, 0.1) is 3.57 Å². The summed E-state index contributed by atoms with van der Waals surface area (Å²) in [7, 11) is 3.21. The average molecular weight is 468 g/mol. The van der Waals surface area contributed by atoms with Gasteiger partial charge in [-0.1, -0.05) is 6.07 Å². The van der Waals surface area contributed by atoms with E-state index in [1.54, 1.807) is 56.7 Å². The van der Waals surface area contributed by atoms with Crippen LogP contribution in [0.4, 0.5) is 5.69 Å². The molecule has 0 unspecified atom stereocenters. The Morgan fingerprint density at radius 1 is 1.04 bits per heavy atom. The van der Waals surface area contributed by atoms with Gasteiger partial charge in [-0.15, -0.1) is 0 Å². The number of ether oxygens (including phenoxy) is 2. The van der Waals surface area contributed by atoms with Crippen molar-refractivity contribution in [1.29, 1.82) is 0 Å². The molecule has 0 saturated carbocycles. The summed E-state index contributed by atoms with van der Waals surface area (Å²) < 4.78 is 11.0. The molecule has 2 N–H and O–H groups in total. The molecule has 26 heavy (non-hydrogen) atoms. The highest BCUT2D eigenvalue weighted by atomic mass is 127. The summed E-state index contributed by atoms with van der Waals surface area (Å²) in [5.41, 5.74) is 1.57. The van der Waals surface area contributed by atoms with Crippen LogP contribution in [0.1, 0.15) is 27.1 Å². The van der Waals surface area contributed by atoms with Crippen LogP contribution in [0.2, 0.25) is 0 Å². The molecule has 7 heteroatoms. The molecule has 0 saturated heterocycles. The van der Waals surface area contributed by atoms with Crippen LogP contribution in [0.15, 0.2) is 42.5 Å². The third kappa shape index (κ3) is 5.70. The molecule has 0 radical (unpaired) electrons. The van der Waals surface area contributed by atoms with Gasteiger partial charge in [0.15, 0.2) is 0 Å². The molecule has 2 aromatic carbocycles. The largest absolute Gasteiger partial charge is 0.496 e. The van der Waals surface area contributed by atoms with Crippen molar-refractivity contribution in [2.24, 2.45) is 0 Å². The molecule has 0 fully saturated rings. The second-order valence-corrected chi connectivity index (χ2v) is 6.65. The summed E-state index contributed by atoms with van der Waals surface area (Å²) in [5.74, 6) is 0.286. The minimum absolute atomic E-state index is 0.184. The van der Waals surface area contributed by atoms with Crippen molar-refractivity contribution in [1.82, 2.24) is 5.32 Å². The molecule has 2 aromatic rings. The summed E-state index contributed by atoms with van der Waals surface area (Å²) in [6.07, 6.45) is 0.745. The average Bonchev–Trinajstić information content (AvgIpc) is 2.65. The molecule has 138 valence electrons. The van der Waals surface area contributed by atoms with Crippen molar-refractivity contribution < 1.29 is 19.1 Å². The lowest BCUT2D eigenvalue weighted by Crippen LogP contribution is -2.25. The first-order valence-corrected chi connectivity index (χ1v) is 9.15. The predicted octanol–water partition coefficient (Wildman–Crippen LogP) is 3.32. The highest BCUT2D eigenvalue weighted by molar-refractivity contribution is 14.1. The van der Waals surface area contributed by atoms with Gasteiger partial charge in [0, 0.05) is 37.1 Å². The van der Waals surface area contributed by atoms with Crippen LogP contribution >= 0.6 is 22.6 Å². The Bertz CT molecular complexity index is 780. The Labute approximate surface area is 166 Å². The number of hydrogen-bond donors (Lipinski definition) is 2. The standard InChI is InChI=1S/C19H21IN2O4/c1-25-10-4-9-21-18(23)13-5-3-6-15(11-13)22-19(24)14-7-8-17(26-2)16(20)12-14/h3,5-8,11-12H,4,9-10H2,1-2H3,(H,21,23)(H,22,24). The highest BCUT2D eigenvalue weighted by Gasteiger charge is 2.11. The number of carbonyl (C=O) groups excluding carboxylic acids is 2. The number of benzene rings is 2. The van der Waals surface area contributed by atoms with Gasteiger partial charge in [-0.05, 0) is 65.4 Å². The van der Waals surface area contributed by atoms with Gasteiger partial charge >= 0.3 is 0 Å². The van der Waals surface area contributed by atoms with Crippen molar-refractivity contribution in [3.05, 3.63) is 57.2 Å². The fraction of sp³-hybridized carbons (Fsp3) is 0.263. The Morgan fingerprint density at radius 3 is 2.50 bits per heavy atom. The quantitative estimate of drug-likeness (QED) is 0.461. The minimum Gasteiger partial charge on any atom is -0.496 e. The van der Waals surface area contributed by atoms with Crippen LogP contribution in [0.5, 0.6) is 5.75 Å². The van der Waals surface area contributed by atoms with E-state index in [9.17, 15) is 9.59 Å². The second kappa shape index (κ2) is 10.1. The fourth-order valence-corrected chi connectivity index (χ4v) is 3.01. The SMILES string of the molecule is COCCCNC(=O)c1cccc(NC(=O)c2ccc(OC)c(I)c2)c1. The van der Waals surface area contributed by atoms with Crippen molar-refractivity contribution in [2.45, 2.75) is 6.42 Å². The number of anilines is 1. The lowest BCUT2D eigenvalue weighted by molar-refractivity contribution is 0.0947. The normalized spacial score (nSPS) is 10.3. The summed E-state index contributed by atoms with van der Waals surface area (Å²) in [6, 6.07) is 12.0. The molecule has 0 aliphatic rings. The molecule has 0 heterocycles. The molecule has 2 amide bonds. The topological polar surface area (TPSA) is 76.7 Å². The van der Waals surface area contributed by atoms with E-state index in [0.717, 1.165) is 9.99 Å². The van der Waals surface area contributed by atoms with Gasteiger partial charge in [0.25, 0.3) is 11.8 Å². The second-order valence-electron chi connectivity index (χ2n) is 5.49.